The van der Waals surface area contributed by atoms with Gasteiger partial charge in [-0.2, -0.15) is 5.10 Å². The fourth-order valence-corrected chi connectivity index (χ4v) is 3.58. The summed E-state index contributed by atoms with van der Waals surface area (Å²) in [7, 11) is 0. The van der Waals surface area contributed by atoms with Crippen LogP contribution in [0, 0.1) is 12.8 Å². The zero-order valence-electron chi connectivity index (χ0n) is 16.2. The van der Waals surface area contributed by atoms with E-state index in [1.165, 1.54) is 12.4 Å². The quantitative estimate of drug-likeness (QED) is 0.685. The minimum absolute atomic E-state index is 0.0860. The first kappa shape index (κ1) is 18.8. The summed E-state index contributed by atoms with van der Waals surface area (Å²) in [5, 5.41) is 4.28. The van der Waals surface area contributed by atoms with Gasteiger partial charge in [0.2, 0.25) is 0 Å². The monoisotopic (exact) mass is 390 g/mol. The van der Waals surface area contributed by atoms with E-state index in [0.29, 0.717) is 36.6 Å². The Bertz CT molecular complexity index is 1030. The number of carbonyl (C=O) groups is 2. The van der Waals surface area contributed by atoms with E-state index in [-0.39, 0.29) is 17.6 Å². The van der Waals surface area contributed by atoms with Gasteiger partial charge in [0.25, 0.3) is 5.91 Å². The average Bonchev–Trinajstić information content (AvgIpc) is 3.15. The van der Waals surface area contributed by atoms with Gasteiger partial charge in [0, 0.05) is 25.2 Å². The van der Waals surface area contributed by atoms with Crippen LogP contribution >= 0.6 is 0 Å². The minimum Gasteiger partial charge on any atom is -0.383 e. The second-order valence-electron chi connectivity index (χ2n) is 7.19. The summed E-state index contributed by atoms with van der Waals surface area (Å²) in [4.78, 5) is 35.8. The molecule has 29 heavy (non-hydrogen) atoms. The molecule has 1 unspecified atom stereocenters. The van der Waals surface area contributed by atoms with Crippen LogP contribution in [0.15, 0.2) is 48.9 Å². The number of nitrogen functional groups attached to an aromatic ring is 1. The second kappa shape index (κ2) is 7.83. The number of piperidine rings is 1. The molecule has 3 heterocycles. The summed E-state index contributed by atoms with van der Waals surface area (Å²) >= 11 is 0. The maximum Gasteiger partial charge on any atom is 0.274 e. The summed E-state index contributed by atoms with van der Waals surface area (Å²) < 4.78 is 1.56. The molecule has 148 valence electrons. The van der Waals surface area contributed by atoms with Crippen LogP contribution < -0.4 is 5.73 Å². The third-order valence-corrected chi connectivity index (χ3v) is 5.15. The van der Waals surface area contributed by atoms with Crippen LogP contribution in [-0.4, -0.2) is 49.4 Å². The highest BCUT2D eigenvalue weighted by molar-refractivity contribution is 6.02. The van der Waals surface area contributed by atoms with E-state index >= 15 is 0 Å². The number of para-hydroxylation sites is 1. The number of aromatic nitrogens is 4. The van der Waals surface area contributed by atoms with Crippen LogP contribution in [-0.2, 0) is 0 Å². The SMILES string of the molecule is Cc1cnc(C(=O)N2CCCC(C(=O)c3cnn(-c4ccccc4)c3N)C2)cn1. The lowest BCUT2D eigenvalue weighted by atomic mass is 9.90. The Balaban J connectivity index is 1.51. The number of rotatable bonds is 4. The maximum atomic E-state index is 13.1. The molecule has 2 N–H and O–H groups in total. The van der Waals surface area contributed by atoms with Crippen molar-refractivity contribution in [3.63, 3.8) is 0 Å². The molecule has 1 aromatic carbocycles. The van der Waals surface area contributed by atoms with Gasteiger partial charge in [-0.15, -0.1) is 0 Å². The third-order valence-electron chi connectivity index (χ3n) is 5.15. The third kappa shape index (κ3) is 3.73. The van der Waals surface area contributed by atoms with Crippen LogP contribution in [0.1, 0.15) is 39.4 Å². The van der Waals surface area contributed by atoms with E-state index in [2.05, 4.69) is 15.1 Å². The van der Waals surface area contributed by atoms with E-state index in [1.807, 2.05) is 37.3 Å². The number of anilines is 1. The van der Waals surface area contributed by atoms with Crippen molar-refractivity contribution in [3.05, 3.63) is 65.9 Å². The van der Waals surface area contributed by atoms with Gasteiger partial charge >= 0.3 is 0 Å². The van der Waals surface area contributed by atoms with E-state index in [4.69, 9.17) is 5.73 Å². The van der Waals surface area contributed by atoms with Crippen molar-refractivity contribution in [3.8, 4) is 5.69 Å². The van der Waals surface area contributed by atoms with Crippen molar-refractivity contribution in [2.24, 2.45) is 5.92 Å². The molecule has 1 atom stereocenters. The van der Waals surface area contributed by atoms with Crippen LogP contribution in [0.25, 0.3) is 5.69 Å². The van der Waals surface area contributed by atoms with E-state index in [9.17, 15) is 9.59 Å². The fourth-order valence-electron chi connectivity index (χ4n) is 3.58. The van der Waals surface area contributed by atoms with Gasteiger partial charge in [0.05, 0.1) is 29.3 Å². The molecule has 0 bridgehead atoms. The maximum absolute atomic E-state index is 13.1. The molecule has 1 fully saturated rings. The number of benzene rings is 1. The Morgan fingerprint density at radius 1 is 1.10 bits per heavy atom. The van der Waals surface area contributed by atoms with Crippen molar-refractivity contribution in [2.45, 2.75) is 19.8 Å². The fraction of sp³-hybridized carbons (Fsp3) is 0.286. The molecule has 8 nitrogen and oxygen atoms in total. The molecule has 1 amide bonds. The Hall–Kier alpha value is -3.55. The van der Waals surface area contributed by atoms with Crippen molar-refractivity contribution in [1.29, 1.82) is 0 Å². The van der Waals surface area contributed by atoms with E-state index in [0.717, 1.165) is 17.8 Å². The molecule has 3 aromatic rings. The lowest BCUT2D eigenvalue weighted by Crippen LogP contribution is -2.42. The highest BCUT2D eigenvalue weighted by atomic mass is 16.2. The average molecular weight is 390 g/mol. The van der Waals surface area contributed by atoms with Crippen molar-refractivity contribution < 1.29 is 9.59 Å². The van der Waals surface area contributed by atoms with Crippen LogP contribution in [0.5, 0.6) is 0 Å². The molecular weight excluding hydrogens is 368 g/mol. The van der Waals surface area contributed by atoms with Gasteiger partial charge in [-0.3, -0.25) is 14.6 Å². The Morgan fingerprint density at radius 2 is 1.90 bits per heavy atom. The summed E-state index contributed by atoms with van der Waals surface area (Å²) in [6, 6.07) is 9.43. The number of hydrogen-bond donors (Lipinski definition) is 1. The topological polar surface area (TPSA) is 107 Å². The van der Waals surface area contributed by atoms with Gasteiger partial charge < -0.3 is 10.6 Å². The molecule has 2 aromatic heterocycles. The van der Waals surface area contributed by atoms with Crippen LogP contribution in [0.3, 0.4) is 0 Å². The number of amides is 1. The zero-order chi connectivity index (χ0) is 20.4. The first-order valence-corrected chi connectivity index (χ1v) is 9.55. The zero-order valence-corrected chi connectivity index (χ0v) is 16.2. The summed E-state index contributed by atoms with van der Waals surface area (Å²) in [5.41, 5.74) is 8.45. The molecular formula is C21H22N6O2. The lowest BCUT2D eigenvalue weighted by Gasteiger charge is -2.31. The lowest BCUT2D eigenvalue weighted by molar-refractivity contribution is 0.0632. The van der Waals surface area contributed by atoms with Crippen molar-refractivity contribution in [1.82, 2.24) is 24.6 Å². The number of nitrogens with zero attached hydrogens (tertiary/aromatic N) is 5. The number of Topliss-reactive ketones (excluding diaryl/α,β-unsaturated/α-hetero) is 1. The van der Waals surface area contributed by atoms with Gasteiger partial charge in [-0.05, 0) is 31.9 Å². The highest BCUT2D eigenvalue weighted by Crippen LogP contribution is 2.25. The molecule has 1 aliphatic rings. The first-order valence-electron chi connectivity index (χ1n) is 9.55. The Labute approximate surface area is 168 Å². The predicted octanol–water partition coefficient (Wildman–Crippen LogP) is 2.29. The highest BCUT2D eigenvalue weighted by Gasteiger charge is 2.32. The number of carbonyl (C=O) groups excluding carboxylic acids is 2. The van der Waals surface area contributed by atoms with Gasteiger partial charge in [0.15, 0.2) is 5.78 Å². The molecule has 0 radical (unpaired) electrons. The number of hydrogen-bond acceptors (Lipinski definition) is 6. The number of likely N-dealkylation sites (tertiary alicyclic amines) is 1. The molecule has 0 spiro atoms. The molecule has 1 saturated heterocycles. The second-order valence-corrected chi connectivity index (χ2v) is 7.19. The number of aryl methyl sites for hydroxylation is 1. The Kier molecular flexibility index (Phi) is 5.07. The molecule has 1 aliphatic heterocycles. The molecule has 4 rings (SSSR count). The van der Waals surface area contributed by atoms with Crippen LogP contribution in [0.4, 0.5) is 5.82 Å². The summed E-state index contributed by atoms with van der Waals surface area (Å²) in [6.45, 7) is 2.75. The summed E-state index contributed by atoms with van der Waals surface area (Å²) in [6.07, 6.45) is 6.01. The first-order chi connectivity index (χ1) is 14.0. The van der Waals surface area contributed by atoms with Gasteiger partial charge in [-0.25, -0.2) is 9.67 Å². The molecule has 8 heteroatoms. The van der Waals surface area contributed by atoms with Crippen molar-refractivity contribution >= 4 is 17.5 Å². The van der Waals surface area contributed by atoms with Crippen LogP contribution in [0.2, 0.25) is 0 Å². The van der Waals surface area contributed by atoms with Crippen molar-refractivity contribution in [2.75, 3.05) is 18.8 Å². The van der Waals surface area contributed by atoms with Gasteiger partial charge in [0.1, 0.15) is 11.5 Å². The summed E-state index contributed by atoms with van der Waals surface area (Å²) in [5.74, 6) is -0.295. The van der Waals surface area contributed by atoms with E-state index < -0.39 is 0 Å². The number of ketones is 1. The largest absolute Gasteiger partial charge is 0.383 e. The standard InChI is InChI=1S/C21H22N6O2/c1-14-10-24-18(12-23-14)21(29)26-9-5-6-15(13-26)19(28)17-11-25-27(20(17)22)16-7-3-2-4-8-16/h2-4,7-8,10-12,15H,5-6,9,13,22H2,1H3. The normalized spacial score (nSPS) is 16.6. The van der Waals surface area contributed by atoms with E-state index in [1.54, 1.807) is 15.8 Å². The number of nitrogens with two attached hydrogens (primary N) is 1. The molecule has 0 aliphatic carbocycles. The minimum atomic E-state index is -0.318. The van der Waals surface area contributed by atoms with Gasteiger partial charge in [-0.1, -0.05) is 18.2 Å². The Morgan fingerprint density at radius 3 is 2.62 bits per heavy atom. The molecule has 0 saturated carbocycles. The predicted molar refractivity (Wildman–Crippen MR) is 108 cm³/mol. The smallest absolute Gasteiger partial charge is 0.274 e.